The van der Waals surface area contributed by atoms with Crippen LogP contribution in [0.2, 0.25) is 0 Å². The van der Waals surface area contributed by atoms with Crippen molar-refractivity contribution in [3.05, 3.63) is 36.1 Å². The molecule has 1 heterocycles. The molecule has 0 radical (unpaired) electrons. The number of aromatic nitrogens is 1. The normalized spacial score (nSPS) is 10.8. The van der Waals surface area contributed by atoms with Gasteiger partial charge in [0.25, 0.3) is 0 Å². The van der Waals surface area contributed by atoms with Crippen LogP contribution in [0, 0.1) is 0 Å². The first-order chi connectivity index (χ1) is 8.19. The summed E-state index contributed by atoms with van der Waals surface area (Å²) >= 11 is 0. The van der Waals surface area contributed by atoms with Crippen LogP contribution < -0.4 is 4.74 Å². The predicted molar refractivity (Wildman–Crippen MR) is 63.6 cm³/mol. The third-order valence-corrected chi connectivity index (χ3v) is 2.24. The van der Waals surface area contributed by atoms with Crippen LogP contribution in [0.15, 0.2) is 34.9 Å². The average Bonchev–Trinajstić information content (AvgIpc) is 2.78. The van der Waals surface area contributed by atoms with Crippen molar-refractivity contribution in [2.75, 3.05) is 0 Å². The van der Waals surface area contributed by atoms with E-state index in [1.165, 1.54) is 0 Å². The smallest absolute Gasteiger partial charge is 0.162 e. The number of hydrogen-bond acceptors (Lipinski definition) is 4. The second-order valence-electron chi connectivity index (χ2n) is 4.03. The summed E-state index contributed by atoms with van der Waals surface area (Å²) in [6.07, 6.45) is 0.161. The SMILES string of the molecule is CC(C)Oc1ccc(-c2cc(CO)on2)cc1. The molecule has 0 aliphatic rings. The van der Waals surface area contributed by atoms with Crippen molar-refractivity contribution in [3.8, 4) is 17.0 Å². The lowest BCUT2D eigenvalue weighted by Gasteiger charge is -2.09. The van der Waals surface area contributed by atoms with Crippen molar-refractivity contribution in [1.29, 1.82) is 0 Å². The van der Waals surface area contributed by atoms with E-state index in [9.17, 15) is 0 Å². The monoisotopic (exact) mass is 233 g/mol. The molecule has 0 aliphatic heterocycles. The van der Waals surface area contributed by atoms with Gasteiger partial charge in [0.15, 0.2) is 5.76 Å². The molecule has 1 aromatic carbocycles. The lowest BCUT2D eigenvalue weighted by atomic mass is 10.1. The highest BCUT2D eigenvalue weighted by molar-refractivity contribution is 5.59. The van der Waals surface area contributed by atoms with Crippen LogP contribution >= 0.6 is 0 Å². The minimum Gasteiger partial charge on any atom is -0.491 e. The van der Waals surface area contributed by atoms with Gasteiger partial charge < -0.3 is 14.4 Å². The van der Waals surface area contributed by atoms with Gasteiger partial charge >= 0.3 is 0 Å². The van der Waals surface area contributed by atoms with E-state index in [-0.39, 0.29) is 12.7 Å². The molecule has 0 spiro atoms. The summed E-state index contributed by atoms with van der Waals surface area (Å²) in [5.41, 5.74) is 1.65. The Bertz CT molecular complexity index is 474. The van der Waals surface area contributed by atoms with Crippen LogP contribution in [0.25, 0.3) is 11.3 Å². The average molecular weight is 233 g/mol. The van der Waals surface area contributed by atoms with E-state index >= 15 is 0 Å². The zero-order valence-electron chi connectivity index (χ0n) is 9.88. The third-order valence-electron chi connectivity index (χ3n) is 2.24. The Kier molecular flexibility index (Phi) is 3.44. The Morgan fingerprint density at radius 2 is 2.00 bits per heavy atom. The standard InChI is InChI=1S/C13H15NO3/c1-9(2)16-11-5-3-10(4-6-11)13-7-12(8-15)17-14-13/h3-7,9,15H,8H2,1-2H3. The molecule has 0 fully saturated rings. The predicted octanol–water partition coefficient (Wildman–Crippen LogP) is 2.62. The second kappa shape index (κ2) is 5.01. The summed E-state index contributed by atoms with van der Waals surface area (Å²) < 4.78 is 10.5. The van der Waals surface area contributed by atoms with E-state index in [0.29, 0.717) is 11.5 Å². The molecule has 4 heteroatoms. The summed E-state index contributed by atoms with van der Waals surface area (Å²) in [4.78, 5) is 0. The van der Waals surface area contributed by atoms with Gasteiger partial charge in [0.05, 0.1) is 6.10 Å². The van der Waals surface area contributed by atoms with Gasteiger partial charge in [-0.05, 0) is 38.1 Å². The molecule has 2 rings (SSSR count). The maximum Gasteiger partial charge on any atom is 0.162 e. The van der Waals surface area contributed by atoms with Crippen molar-refractivity contribution in [2.24, 2.45) is 0 Å². The molecule has 0 aliphatic carbocycles. The molecule has 90 valence electrons. The molecule has 4 nitrogen and oxygen atoms in total. The van der Waals surface area contributed by atoms with E-state index in [4.69, 9.17) is 14.4 Å². The molecule has 1 N–H and O–H groups in total. The van der Waals surface area contributed by atoms with Crippen molar-refractivity contribution >= 4 is 0 Å². The highest BCUT2D eigenvalue weighted by atomic mass is 16.5. The van der Waals surface area contributed by atoms with Gasteiger partial charge in [-0.2, -0.15) is 0 Å². The van der Waals surface area contributed by atoms with E-state index in [1.807, 2.05) is 38.1 Å². The fraction of sp³-hybridized carbons (Fsp3) is 0.308. The van der Waals surface area contributed by atoms with Crippen molar-refractivity contribution in [1.82, 2.24) is 5.16 Å². The van der Waals surface area contributed by atoms with Crippen LogP contribution in [0.5, 0.6) is 5.75 Å². The van der Waals surface area contributed by atoms with Crippen molar-refractivity contribution in [3.63, 3.8) is 0 Å². The number of aliphatic hydroxyl groups excluding tert-OH is 1. The molecule has 0 saturated carbocycles. The molecule has 0 saturated heterocycles. The molecule has 0 unspecified atom stereocenters. The topological polar surface area (TPSA) is 55.5 Å². The number of rotatable bonds is 4. The number of aliphatic hydroxyl groups is 1. The van der Waals surface area contributed by atoms with Gasteiger partial charge in [-0.3, -0.25) is 0 Å². The molecule has 17 heavy (non-hydrogen) atoms. The molecule has 1 aromatic heterocycles. The summed E-state index contributed by atoms with van der Waals surface area (Å²) in [6, 6.07) is 9.33. The lowest BCUT2D eigenvalue weighted by molar-refractivity contribution is 0.229. The Balaban J connectivity index is 2.17. The zero-order chi connectivity index (χ0) is 12.3. The third kappa shape index (κ3) is 2.85. The maximum absolute atomic E-state index is 8.89. The van der Waals surface area contributed by atoms with E-state index < -0.39 is 0 Å². The van der Waals surface area contributed by atoms with Gasteiger partial charge in [0.1, 0.15) is 18.1 Å². The zero-order valence-corrected chi connectivity index (χ0v) is 9.88. The summed E-state index contributed by atoms with van der Waals surface area (Å²) in [7, 11) is 0. The molecule has 0 bridgehead atoms. The first kappa shape index (κ1) is 11.7. The molecular weight excluding hydrogens is 218 g/mol. The fourth-order valence-corrected chi connectivity index (χ4v) is 1.50. The minimum atomic E-state index is -0.137. The Hall–Kier alpha value is -1.81. The summed E-state index contributed by atoms with van der Waals surface area (Å²) in [5, 5.41) is 12.8. The van der Waals surface area contributed by atoms with E-state index in [1.54, 1.807) is 6.07 Å². The van der Waals surface area contributed by atoms with E-state index in [0.717, 1.165) is 11.3 Å². The van der Waals surface area contributed by atoms with Gasteiger partial charge in [0.2, 0.25) is 0 Å². The minimum absolute atomic E-state index is 0.137. The molecular formula is C13H15NO3. The second-order valence-corrected chi connectivity index (χ2v) is 4.03. The summed E-state index contributed by atoms with van der Waals surface area (Å²) in [5.74, 6) is 1.29. The Morgan fingerprint density at radius 3 is 2.53 bits per heavy atom. The van der Waals surface area contributed by atoms with E-state index in [2.05, 4.69) is 5.16 Å². The number of ether oxygens (including phenoxy) is 1. The quantitative estimate of drug-likeness (QED) is 0.882. The fourth-order valence-electron chi connectivity index (χ4n) is 1.50. The van der Waals surface area contributed by atoms with Gasteiger partial charge in [-0.25, -0.2) is 0 Å². The Labute approximate surface area is 99.8 Å². The van der Waals surface area contributed by atoms with Crippen LogP contribution in [0.4, 0.5) is 0 Å². The largest absolute Gasteiger partial charge is 0.491 e. The van der Waals surface area contributed by atoms with Crippen molar-refractivity contribution < 1.29 is 14.4 Å². The number of hydrogen-bond donors (Lipinski definition) is 1. The molecule has 0 amide bonds. The van der Waals surface area contributed by atoms with Gasteiger partial charge in [-0.1, -0.05) is 5.16 Å². The van der Waals surface area contributed by atoms with Crippen LogP contribution in [0.1, 0.15) is 19.6 Å². The Morgan fingerprint density at radius 1 is 1.29 bits per heavy atom. The first-order valence-corrected chi connectivity index (χ1v) is 5.52. The van der Waals surface area contributed by atoms with Gasteiger partial charge in [-0.15, -0.1) is 0 Å². The van der Waals surface area contributed by atoms with Crippen LogP contribution in [-0.4, -0.2) is 16.4 Å². The summed E-state index contributed by atoms with van der Waals surface area (Å²) in [6.45, 7) is 3.83. The highest BCUT2D eigenvalue weighted by Crippen LogP contribution is 2.22. The molecule has 2 aromatic rings. The van der Waals surface area contributed by atoms with Crippen molar-refractivity contribution in [2.45, 2.75) is 26.6 Å². The molecule has 0 atom stereocenters. The lowest BCUT2D eigenvalue weighted by Crippen LogP contribution is -2.05. The number of nitrogens with zero attached hydrogens (tertiary/aromatic N) is 1. The highest BCUT2D eigenvalue weighted by Gasteiger charge is 2.06. The maximum atomic E-state index is 8.89. The van der Waals surface area contributed by atoms with Gasteiger partial charge in [0, 0.05) is 11.6 Å². The first-order valence-electron chi connectivity index (χ1n) is 5.52. The van der Waals surface area contributed by atoms with Crippen LogP contribution in [-0.2, 0) is 6.61 Å². The van der Waals surface area contributed by atoms with Crippen LogP contribution in [0.3, 0.4) is 0 Å². The number of benzene rings is 1.